The Kier molecular flexibility index (Phi) is 32.9. The average molecular weight is 766 g/mol. The number of hydrogen-bond acceptors (Lipinski definition) is 8. The van der Waals surface area contributed by atoms with Crippen molar-refractivity contribution < 1.29 is 102 Å². The summed E-state index contributed by atoms with van der Waals surface area (Å²) in [7, 11) is 9.67. The zero-order chi connectivity index (χ0) is 14.3. The smallest absolute Gasteiger partial charge is 0.400 e. The summed E-state index contributed by atoms with van der Waals surface area (Å²) in [6.45, 7) is 0. The summed E-state index contributed by atoms with van der Waals surface area (Å²) < 4.78 is 0. The molecular weight excluding hydrogens is 736 g/mol. The molecule has 0 aliphatic carbocycles. The molecule has 0 radical (unpaired) electrons. The van der Waals surface area contributed by atoms with Crippen molar-refractivity contribution in [3.05, 3.63) is 14.9 Å². The Morgan fingerprint density at radius 3 is 1.10 bits per heavy atom. The van der Waals surface area contributed by atoms with Crippen molar-refractivity contribution in [1.82, 2.24) is 10.5 Å². The molecule has 0 bridgehead atoms. The predicted molar refractivity (Wildman–Crippen MR) is 67.5 cm³/mol. The van der Waals surface area contributed by atoms with Crippen LogP contribution in [0, 0.1) is 77.1 Å². The van der Waals surface area contributed by atoms with Crippen LogP contribution in [0.15, 0.2) is 0 Å². The molecule has 12 heteroatoms. The van der Waals surface area contributed by atoms with E-state index in [2.05, 4.69) is 0 Å². The minimum absolute atomic E-state index is 0. The molecule has 0 amide bonds. The molecule has 0 aliphatic heterocycles. The van der Waals surface area contributed by atoms with E-state index in [9.17, 15) is 0 Å². The van der Waals surface area contributed by atoms with Gasteiger partial charge in [-0.3, -0.25) is 10.4 Å². The van der Waals surface area contributed by atoms with Crippen LogP contribution in [0.25, 0.3) is 0 Å². The van der Waals surface area contributed by atoms with Gasteiger partial charge in [0, 0.05) is 61.9 Å². The SMILES string of the molecule is CN(O)O[N+](C)(C)O[N+](C)(C)ON(C)O.CO.[CH3-].[CH3-].[U+2].[U]. The molecule has 0 aromatic carbocycles. The summed E-state index contributed by atoms with van der Waals surface area (Å²) in [5, 5.41) is 25.8. The maximum Gasteiger partial charge on any atom is 2.00 e. The Balaban J connectivity index is -0.0000000895. The van der Waals surface area contributed by atoms with Crippen LogP contribution < -0.4 is 0 Å². The Morgan fingerprint density at radius 2 is 0.952 bits per heavy atom. The summed E-state index contributed by atoms with van der Waals surface area (Å²) in [4.78, 5) is 14.1. The number of quaternary nitrogens is 2. The molecule has 0 aromatic rings. The van der Waals surface area contributed by atoms with Crippen molar-refractivity contribution in [2.45, 2.75) is 0 Å². The van der Waals surface area contributed by atoms with Gasteiger partial charge in [0.25, 0.3) is 0 Å². The molecule has 0 rings (SSSR count). The first-order valence-corrected chi connectivity index (χ1v) is 4.63. The van der Waals surface area contributed by atoms with Gasteiger partial charge < -0.3 is 20.0 Å². The average Bonchev–Trinajstić information content (AvgIpc) is 1.99. The van der Waals surface area contributed by atoms with E-state index >= 15 is 0 Å². The van der Waals surface area contributed by atoms with Gasteiger partial charge >= 0.3 is 31.1 Å². The number of hydroxylamine groups is 12. The van der Waals surface area contributed by atoms with Gasteiger partial charge in [-0.15, -0.1) is 0 Å². The third kappa shape index (κ3) is 26.9. The van der Waals surface area contributed by atoms with E-state index in [1.54, 1.807) is 0 Å². The molecule has 0 aromatic heterocycles. The van der Waals surface area contributed by atoms with Crippen molar-refractivity contribution in [2.75, 3.05) is 49.4 Å². The molecule has 0 fully saturated rings. The zero-order valence-corrected chi connectivity index (χ0v) is 22.7. The Labute approximate surface area is 175 Å². The first kappa shape index (κ1) is 38.3. The van der Waals surface area contributed by atoms with Gasteiger partial charge in [-0.05, 0) is 20.3 Å². The Morgan fingerprint density at radius 1 is 0.762 bits per heavy atom. The number of rotatable bonds is 6. The van der Waals surface area contributed by atoms with Crippen LogP contribution in [-0.4, -0.2) is 85.0 Å². The van der Waals surface area contributed by atoms with E-state index in [1.165, 1.54) is 42.3 Å². The molecule has 128 valence electrons. The molecule has 3 N–H and O–H groups in total. The Bertz CT molecular complexity index is 191. The second-order valence-electron chi connectivity index (χ2n) is 3.68. The topological polar surface area (TPSA) is 94.9 Å². The van der Waals surface area contributed by atoms with Crippen LogP contribution in [0.3, 0.4) is 0 Å². The Hall–Kier alpha value is 1.70. The van der Waals surface area contributed by atoms with Crippen LogP contribution in [0.1, 0.15) is 0 Å². The number of hydrogen-bond donors (Lipinski definition) is 3. The van der Waals surface area contributed by atoms with Crippen LogP contribution in [0.5, 0.6) is 0 Å². The molecule has 0 spiro atoms. The minimum Gasteiger partial charge on any atom is -0.400 e. The van der Waals surface area contributed by atoms with E-state index in [1.807, 2.05) is 0 Å². The summed E-state index contributed by atoms with van der Waals surface area (Å²) in [5.41, 5.74) is 0. The van der Waals surface area contributed by atoms with Gasteiger partial charge in [-0.25, -0.2) is 0 Å². The van der Waals surface area contributed by atoms with Crippen LogP contribution in [0.4, 0.5) is 0 Å². The molecular formula is C9H30N4O6U2+2. The fraction of sp³-hybridized carbons (Fsp3) is 0.778. The minimum atomic E-state index is -0.464. The summed E-state index contributed by atoms with van der Waals surface area (Å²) >= 11 is 0. The van der Waals surface area contributed by atoms with Gasteiger partial charge in [0.1, 0.15) is 28.2 Å². The normalized spacial score (nSPS) is 10.3. The van der Waals surface area contributed by atoms with E-state index in [0.717, 1.165) is 7.11 Å². The van der Waals surface area contributed by atoms with Gasteiger partial charge in [-0.2, -0.15) is 0 Å². The molecule has 0 saturated carbocycles. The number of aliphatic hydroxyl groups excluding tert-OH is 1. The van der Waals surface area contributed by atoms with Crippen molar-refractivity contribution in [3.63, 3.8) is 0 Å². The van der Waals surface area contributed by atoms with E-state index in [-0.39, 0.29) is 77.1 Å². The van der Waals surface area contributed by atoms with Crippen molar-refractivity contribution >= 4 is 0 Å². The third-order valence-electron chi connectivity index (χ3n) is 1.02. The van der Waals surface area contributed by atoms with Gasteiger partial charge in [0.15, 0.2) is 0 Å². The van der Waals surface area contributed by atoms with Crippen molar-refractivity contribution in [3.8, 4) is 0 Å². The summed E-state index contributed by atoms with van der Waals surface area (Å²) in [6.07, 6.45) is 0. The third-order valence-corrected chi connectivity index (χ3v) is 1.02. The second kappa shape index (κ2) is 18.0. The molecule has 0 aliphatic rings. The van der Waals surface area contributed by atoms with Crippen LogP contribution in [-0.2, 0) is 14.8 Å². The number of nitrogens with zero attached hydrogens (tertiary/aromatic N) is 4. The molecule has 0 heterocycles. The zero-order valence-electron chi connectivity index (χ0n) is 14.4. The van der Waals surface area contributed by atoms with Gasteiger partial charge in [0.05, 0.1) is 4.94 Å². The fourth-order valence-corrected chi connectivity index (χ4v) is 1.07. The maximum absolute atomic E-state index is 8.87. The second-order valence-corrected chi connectivity index (χ2v) is 3.68. The summed E-state index contributed by atoms with van der Waals surface area (Å²) in [5.74, 6) is 0. The molecule has 10 nitrogen and oxygen atoms in total. The first-order valence-electron chi connectivity index (χ1n) is 4.63. The molecule has 0 unspecified atom stereocenters. The number of aliphatic hydroxyl groups is 1. The van der Waals surface area contributed by atoms with Crippen LogP contribution >= 0.6 is 0 Å². The summed E-state index contributed by atoms with van der Waals surface area (Å²) in [6, 6.07) is 0. The quantitative estimate of drug-likeness (QED) is 0.195. The van der Waals surface area contributed by atoms with Crippen LogP contribution in [0.2, 0.25) is 0 Å². The maximum atomic E-state index is 8.87. The molecule has 0 atom stereocenters. The first-order chi connectivity index (χ1) is 7.54. The van der Waals surface area contributed by atoms with E-state index in [4.69, 9.17) is 30.3 Å². The molecule has 21 heavy (non-hydrogen) atoms. The van der Waals surface area contributed by atoms with Gasteiger partial charge in [0.2, 0.25) is 0 Å². The van der Waals surface area contributed by atoms with Crippen molar-refractivity contribution in [2.24, 2.45) is 0 Å². The van der Waals surface area contributed by atoms with E-state index in [0.29, 0.717) is 10.5 Å². The predicted octanol–water partition coefficient (Wildman–Crippen LogP) is -0.170. The monoisotopic (exact) mass is 766 g/mol. The standard InChI is InChI=1S/C6H20N4O5.CH4O.2CH3.2U/c1-7(11)13-9(3,4)15-10(5,6)14-8(2)12;1-2;;;;/h11-12H,1-6H3;2H,1H3;2*1H3;;/q+2;;2*-1;;+2. The van der Waals surface area contributed by atoms with Gasteiger partial charge in [-0.1, -0.05) is 0 Å². The van der Waals surface area contributed by atoms with E-state index < -0.39 is 9.62 Å². The van der Waals surface area contributed by atoms with Crippen molar-refractivity contribution in [1.29, 1.82) is 0 Å². The molecule has 0 saturated heterocycles. The fourth-order valence-electron chi connectivity index (χ4n) is 1.07. The largest absolute Gasteiger partial charge is 2.00 e.